The number of hydrogen-bond donors (Lipinski definition) is 2. The first-order chi connectivity index (χ1) is 13.7. The SMILES string of the molecule is O=C(Nc1ccccc1Sc1ccccc1)c1cc(-c2ccc(Cl)cc2)n[nH]1. The number of nitrogens with zero attached hydrogens (tertiary/aromatic N) is 1. The van der Waals surface area contributed by atoms with Gasteiger partial charge in [-0.1, -0.05) is 65.8 Å². The largest absolute Gasteiger partial charge is 0.320 e. The Morgan fingerprint density at radius 2 is 1.64 bits per heavy atom. The maximum absolute atomic E-state index is 12.7. The molecule has 1 aromatic heterocycles. The maximum Gasteiger partial charge on any atom is 0.273 e. The molecule has 4 rings (SSSR count). The number of benzene rings is 3. The van der Waals surface area contributed by atoms with Gasteiger partial charge in [0.2, 0.25) is 0 Å². The second kappa shape index (κ2) is 8.33. The topological polar surface area (TPSA) is 57.8 Å². The van der Waals surface area contributed by atoms with Crippen molar-refractivity contribution in [2.24, 2.45) is 0 Å². The van der Waals surface area contributed by atoms with Crippen LogP contribution in [0.15, 0.2) is 94.7 Å². The molecule has 0 unspecified atom stereocenters. The van der Waals surface area contributed by atoms with Crippen molar-refractivity contribution in [2.45, 2.75) is 9.79 Å². The van der Waals surface area contributed by atoms with Crippen molar-refractivity contribution in [3.63, 3.8) is 0 Å². The Kier molecular flexibility index (Phi) is 5.46. The van der Waals surface area contributed by atoms with Crippen molar-refractivity contribution in [3.05, 3.63) is 95.6 Å². The summed E-state index contributed by atoms with van der Waals surface area (Å²) < 4.78 is 0. The van der Waals surface area contributed by atoms with Crippen LogP contribution < -0.4 is 5.32 Å². The number of rotatable bonds is 5. The summed E-state index contributed by atoms with van der Waals surface area (Å²) in [7, 11) is 0. The molecule has 138 valence electrons. The molecule has 3 aromatic carbocycles. The average molecular weight is 406 g/mol. The highest BCUT2D eigenvalue weighted by atomic mass is 35.5. The number of anilines is 1. The van der Waals surface area contributed by atoms with E-state index >= 15 is 0 Å². The highest BCUT2D eigenvalue weighted by Crippen LogP contribution is 2.33. The standard InChI is InChI=1S/C22H16ClN3OS/c23-16-12-10-15(11-13-16)19-14-20(26-25-19)22(27)24-18-8-4-5-9-21(18)28-17-6-2-1-3-7-17/h1-14H,(H,24,27)(H,25,26). The van der Waals surface area contributed by atoms with Crippen molar-refractivity contribution in [2.75, 3.05) is 5.32 Å². The number of hydrogen-bond acceptors (Lipinski definition) is 3. The fraction of sp³-hybridized carbons (Fsp3) is 0. The predicted octanol–water partition coefficient (Wildman–Crippen LogP) is 6.13. The summed E-state index contributed by atoms with van der Waals surface area (Å²) in [4.78, 5) is 14.8. The van der Waals surface area contributed by atoms with E-state index in [9.17, 15) is 4.79 Å². The number of aromatic nitrogens is 2. The van der Waals surface area contributed by atoms with E-state index in [0.29, 0.717) is 16.4 Å². The zero-order valence-corrected chi connectivity index (χ0v) is 16.3. The van der Waals surface area contributed by atoms with E-state index in [4.69, 9.17) is 11.6 Å². The number of para-hydroxylation sites is 1. The molecule has 0 saturated heterocycles. The van der Waals surface area contributed by atoms with Gasteiger partial charge in [0, 0.05) is 20.4 Å². The number of amides is 1. The minimum atomic E-state index is -0.242. The third kappa shape index (κ3) is 4.27. The lowest BCUT2D eigenvalue weighted by Gasteiger charge is -2.10. The number of halogens is 1. The van der Waals surface area contributed by atoms with Gasteiger partial charge in [-0.05, 0) is 42.5 Å². The molecule has 1 amide bonds. The minimum Gasteiger partial charge on any atom is -0.320 e. The molecule has 0 atom stereocenters. The Labute approximate surface area is 172 Å². The molecule has 0 aliphatic heterocycles. The van der Waals surface area contributed by atoms with Crippen molar-refractivity contribution < 1.29 is 4.79 Å². The average Bonchev–Trinajstić information content (AvgIpc) is 3.21. The number of nitrogens with one attached hydrogen (secondary N) is 2. The molecule has 0 bridgehead atoms. The van der Waals surface area contributed by atoms with E-state index in [1.165, 1.54) is 0 Å². The van der Waals surface area contributed by atoms with Gasteiger partial charge in [-0.15, -0.1) is 0 Å². The Bertz CT molecular complexity index is 1090. The van der Waals surface area contributed by atoms with Crippen LogP contribution in [0.2, 0.25) is 5.02 Å². The van der Waals surface area contributed by atoms with Gasteiger partial charge in [0.1, 0.15) is 5.69 Å². The van der Waals surface area contributed by atoms with Crippen LogP contribution in [0.4, 0.5) is 5.69 Å². The Hall–Kier alpha value is -3.02. The quantitative estimate of drug-likeness (QED) is 0.419. The van der Waals surface area contributed by atoms with Gasteiger partial charge in [-0.25, -0.2) is 0 Å². The Morgan fingerprint density at radius 3 is 2.43 bits per heavy atom. The van der Waals surface area contributed by atoms with Crippen LogP contribution in [0.5, 0.6) is 0 Å². The molecule has 4 aromatic rings. The number of H-pyrrole nitrogens is 1. The van der Waals surface area contributed by atoms with E-state index in [1.807, 2.05) is 66.7 Å². The molecule has 0 spiro atoms. The van der Waals surface area contributed by atoms with Crippen LogP contribution in [0.25, 0.3) is 11.3 Å². The lowest BCUT2D eigenvalue weighted by molar-refractivity contribution is 0.102. The lowest BCUT2D eigenvalue weighted by Crippen LogP contribution is -2.12. The van der Waals surface area contributed by atoms with E-state index in [-0.39, 0.29) is 5.91 Å². The van der Waals surface area contributed by atoms with Gasteiger partial charge >= 0.3 is 0 Å². The molecule has 0 aliphatic rings. The number of carbonyl (C=O) groups is 1. The fourth-order valence-electron chi connectivity index (χ4n) is 2.67. The Morgan fingerprint density at radius 1 is 0.929 bits per heavy atom. The van der Waals surface area contributed by atoms with Gasteiger partial charge in [0.15, 0.2) is 0 Å². The summed E-state index contributed by atoms with van der Waals surface area (Å²) in [5, 5.41) is 10.7. The van der Waals surface area contributed by atoms with Crippen LogP contribution in [0.1, 0.15) is 10.5 Å². The summed E-state index contributed by atoms with van der Waals surface area (Å²) >= 11 is 7.53. The number of carbonyl (C=O) groups excluding carboxylic acids is 1. The third-order valence-corrected chi connectivity index (χ3v) is 5.40. The summed E-state index contributed by atoms with van der Waals surface area (Å²) in [5.74, 6) is -0.242. The third-order valence-electron chi connectivity index (χ3n) is 4.07. The van der Waals surface area contributed by atoms with Gasteiger partial charge in [-0.2, -0.15) is 5.10 Å². The highest BCUT2D eigenvalue weighted by Gasteiger charge is 2.13. The summed E-state index contributed by atoms with van der Waals surface area (Å²) in [5.41, 5.74) is 2.72. The summed E-state index contributed by atoms with van der Waals surface area (Å²) in [6.07, 6.45) is 0. The van der Waals surface area contributed by atoms with E-state index < -0.39 is 0 Å². The maximum atomic E-state index is 12.7. The monoisotopic (exact) mass is 405 g/mol. The van der Waals surface area contributed by atoms with Gasteiger partial charge in [-0.3, -0.25) is 9.89 Å². The molecule has 1 heterocycles. The van der Waals surface area contributed by atoms with Gasteiger partial charge in [0.05, 0.1) is 11.4 Å². The zero-order valence-electron chi connectivity index (χ0n) is 14.7. The van der Waals surface area contributed by atoms with Crippen LogP contribution in [-0.4, -0.2) is 16.1 Å². The molecule has 4 nitrogen and oxygen atoms in total. The van der Waals surface area contributed by atoms with E-state index in [2.05, 4.69) is 15.5 Å². The smallest absolute Gasteiger partial charge is 0.273 e. The van der Waals surface area contributed by atoms with Crippen molar-refractivity contribution in [3.8, 4) is 11.3 Å². The normalized spacial score (nSPS) is 10.6. The van der Waals surface area contributed by atoms with Crippen molar-refractivity contribution >= 4 is 35.0 Å². The molecule has 0 fully saturated rings. The molecular weight excluding hydrogens is 390 g/mol. The highest BCUT2D eigenvalue weighted by molar-refractivity contribution is 7.99. The first kappa shape index (κ1) is 18.3. The van der Waals surface area contributed by atoms with Crippen LogP contribution >= 0.6 is 23.4 Å². The van der Waals surface area contributed by atoms with Crippen molar-refractivity contribution in [1.82, 2.24) is 10.2 Å². The molecule has 0 aliphatic carbocycles. The minimum absolute atomic E-state index is 0.242. The summed E-state index contributed by atoms with van der Waals surface area (Å²) in [6, 6.07) is 26.8. The van der Waals surface area contributed by atoms with Crippen molar-refractivity contribution in [1.29, 1.82) is 0 Å². The first-order valence-electron chi connectivity index (χ1n) is 8.64. The van der Waals surface area contributed by atoms with Gasteiger partial charge in [0.25, 0.3) is 5.91 Å². The Balaban J connectivity index is 1.52. The number of aromatic amines is 1. The molecule has 2 N–H and O–H groups in total. The van der Waals surface area contributed by atoms with Crippen LogP contribution in [0.3, 0.4) is 0 Å². The van der Waals surface area contributed by atoms with E-state index in [0.717, 1.165) is 21.0 Å². The fourth-order valence-corrected chi connectivity index (χ4v) is 3.72. The summed E-state index contributed by atoms with van der Waals surface area (Å²) in [6.45, 7) is 0. The molecule has 0 saturated carbocycles. The van der Waals surface area contributed by atoms with Crippen LogP contribution in [-0.2, 0) is 0 Å². The molecule has 0 radical (unpaired) electrons. The second-order valence-electron chi connectivity index (χ2n) is 6.04. The molecule has 6 heteroatoms. The molecular formula is C22H16ClN3OS. The zero-order chi connectivity index (χ0) is 19.3. The first-order valence-corrected chi connectivity index (χ1v) is 9.83. The van der Waals surface area contributed by atoms with Crippen LogP contribution in [0, 0.1) is 0 Å². The van der Waals surface area contributed by atoms with Gasteiger partial charge < -0.3 is 5.32 Å². The van der Waals surface area contributed by atoms with E-state index in [1.54, 1.807) is 30.0 Å². The molecule has 28 heavy (non-hydrogen) atoms. The lowest BCUT2D eigenvalue weighted by atomic mass is 10.1. The second-order valence-corrected chi connectivity index (χ2v) is 7.59. The predicted molar refractivity (Wildman–Crippen MR) is 114 cm³/mol.